The van der Waals surface area contributed by atoms with Crippen LogP contribution in [-0.2, 0) is 23.9 Å². The van der Waals surface area contributed by atoms with Crippen LogP contribution in [0.4, 0.5) is 5.82 Å². The molecule has 37 heavy (non-hydrogen) atoms. The van der Waals surface area contributed by atoms with Gasteiger partial charge in [-0.1, -0.05) is 30.0 Å². The van der Waals surface area contributed by atoms with E-state index in [2.05, 4.69) is 5.32 Å². The maximum Gasteiger partial charge on any atom is 0.308 e. The molecule has 2 fully saturated rings. The fourth-order valence-electron chi connectivity index (χ4n) is 4.25. The number of esters is 1. The lowest BCUT2D eigenvalue weighted by atomic mass is 10.1. The maximum atomic E-state index is 13.8. The van der Waals surface area contributed by atoms with Crippen molar-refractivity contribution in [2.24, 2.45) is 0 Å². The molecule has 196 valence electrons. The van der Waals surface area contributed by atoms with Crippen molar-refractivity contribution in [3.8, 4) is 0 Å². The van der Waals surface area contributed by atoms with Crippen LogP contribution in [0.25, 0.3) is 11.7 Å². The van der Waals surface area contributed by atoms with E-state index < -0.39 is 17.6 Å². The van der Waals surface area contributed by atoms with Gasteiger partial charge in [0.25, 0.3) is 11.5 Å². The number of fused-ring (bicyclic) bond motifs is 1. The van der Waals surface area contributed by atoms with E-state index in [1.54, 1.807) is 24.3 Å². The highest BCUT2D eigenvalue weighted by molar-refractivity contribution is 8.26. The zero-order chi connectivity index (χ0) is 26.7. The van der Waals surface area contributed by atoms with E-state index in [-0.39, 0.29) is 34.5 Å². The number of nitrogens with zero attached hydrogens (tertiary/aromatic N) is 4. The predicted molar refractivity (Wildman–Crippen MR) is 143 cm³/mol. The summed E-state index contributed by atoms with van der Waals surface area (Å²) in [6, 6.07) is 2.62. The van der Waals surface area contributed by atoms with Crippen molar-refractivity contribution in [2.75, 3.05) is 45.4 Å². The summed E-state index contributed by atoms with van der Waals surface area (Å²) in [5.41, 5.74) is 0.888. The highest BCUT2D eigenvalue weighted by atomic mass is 32.2. The number of methoxy groups -OCH3 is 2. The number of nitrogens with one attached hydrogen (secondary N) is 1. The van der Waals surface area contributed by atoms with Gasteiger partial charge in [0.1, 0.15) is 21.8 Å². The number of hydrogen-bond donors (Lipinski definition) is 1. The molecule has 11 nitrogen and oxygen atoms in total. The number of pyridine rings is 1. The van der Waals surface area contributed by atoms with E-state index in [0.717, 1.165) is 17.3 Å². The van der Waals surface area contributed by atoms with Crippen molar-refractivity contribution < 1.29 is 23.9 Å². The zero-order valence-electron chi connectivity index (χ0n) is 20.7. The van der Waals surface area contributed by atoms with Crippen molar-refractivity contribution in [3.63, 3.8) is 0 Å². The number of carbonyl (C=O) groups excluding carboxylic acids is 3. The van der Waals surface area contributed by atoms with Gasteiger partial charge >= 0.3 is 5.97 Å². The highest BCUT2D eigenvalue weighted by Crippen LogP contribution is 2.34. The number of hydrogen-bond acceptors (Lipinski definition) is 10. The molecule has 1 unspecified atom stereocenters. The fraction of sp³-hybridized carbons (Fsp3) is 0.417. The molecular formula is C24H27N5O6S2. The van der Waals surface area contributed by atoms with E-state index in [1.807, 2.05) is 13.0 Å². The molecule has 1 atom stereocenters. The Kier molecular flexibility index (Phi) is 8.25. The quantitative estimate of drug-likeness (QED) is 0.223. The topological polar surface area (TPSA) is 123 Å². The Labute approximate surface area is 222 Å². The third-order valence-corrected chi connectivity index (χ3v) is 7.51. The van der Waals surface area contributed by atoms with Crippen molar-refractivity contribution in [1.82, 2.24) is 19.6 Å². The first-order chi connectivity index (χ1) is 17.8. The molecule has 2 aromatic heterocycles. The molecule has 1 N–H and O–H groups in total. The van der Waals surface area contributed by atoms with Gasteiger partial charge in [-0.15, -0.1) is 0 Å². The Morgan fingerprint density at radius 2 is 2.11 bits per heavy atom. The highest BCUT2D eigenvalue weighted by Gasteiger charge is 2.36. The van der Waals surface area contributed by atoms with Crippen molar-refractivity contribution in [2.45, 2.75) is 25.8 Å². The summed E-state index contributed by atoms with van der Waals surface area (Å²) < 4.78 is 11.7. The van der Waals surface area contributed by atoms with Crippen LogP contribution in [0, 0.1) is 6.92 Å². The van der Waals surface area contributed by atoms with Gasteiger partial charge in [0.15, 0.2) is 0 Å². The zero-order valence-corrected chi connectivity index (χ0v) is 22.3. The number of rotatable bonds is 8. The Bertz CT molecular complexity index is 1360. The summed E-state index contributed by atoms with van der Waals surface area (Å²) >= 11 is 6.52. The minimum Gasteiger partial charge on any atom is -0.469 e. The summed E-state index contributed by atoms with van der Waals surface area (Å²) in [6.07, 6.45) is 3.47. The second kappa shape index (κ2) is 11.4. The van der Waals surface area contributed by atoms with Gasteiger partial charge in [0.05, 0.1) is 24.0 Å². The Balaban J connectivity index is 1.85. The van der Waals surface area contributed by atoms with Gasteiger partial charge < -0.3 is 19.7 Å². The molecule has 0 aromatic carbocycles. The molecule has 2 aliphatic rings. The lowest BCUT2D eigenvalue weighted by Crippen LogP contribution is -2.57. The molecule has 4 heterocycles. The smallest absolute Gasteiger partial charge is 0.308 e. The molecule has 2 amide bonds. The van der Waals surface area contributed by atoms with Gasteiger partial charge in [-0.25, -0.2) is 4.98 Å². The molecule has 13 heteroatoms. The normalized spacial score (nSPS) is 19.2. The van der Waals surface area contributed by atoms with Crippen LogP contribution >= 0.6 is 24.0 Å². The SMILES string of the molecule is COCCCN1C(=O)/C(=C/c2c(N3CCNC(=O)C3CC(=O)OC)nc3c(C)cccn3c2=O)SC1=S. The van der Waals surface area contributed by atoms with Crippen LogP contribution in [0.2, 0.25) is 0 Å². The van der Waals surface area contributed by atoms with Gasteiger partial charge in [-0.05, 0) is 31.1 Å². The molecule has 2 aliphatic heterocycles. The van der Waals surface area contributed by atoms with E-state index in [1.165, 1.54) is 22.5 Å². The second-order valence-electron chi connectivity index (χ2n) is 8.50. The second-order valence-corrected chi connectivity index (χ2v) is 10.2. The van der Waals surface area contributed by atoms with Gasteiger partial charge in [-0.2, -0.15) is 0 Å². The lowest BCUT2D eigenvalue weighted by molar-refractivity contribution is -0.143. The van der Waals surface area contributed by atoms with Crippen molar-refractivity contribution >= 4 is 63.6 Å². The molecule has 0 radical (unpaired) electrons. The summed E-state index contributed by atoms with van der Waals surface area (Å²) in [7, 11) is 2.83. The van der Waals surface area contributed by atoms with Crippen molar-refractivity contribution in [1.29, 1.82) is 0 Å². The molecule has 0 aliphatic carbocycles. The van der Waals surface area contributed by atoms with E-state index in [0.29, 0.717) is 42.6 Å². The van der Waals surface area contributed by atoms with E-state index >= 15 is 0 Å². The first kappa shape index (κ1) is 26.8. The molecule has 0 spiro atoms. The number of aromatic nitrogens is 2. The van der Waals surface area contributed by atoms with E-state index in [4.69, 9.17) is 26.7 Å². The van der Waals surface area contributed by atoms with Crippen LogP contribution in [0.3, 0.4) is 0 Å². The number of carbonyl (C=O) groups is 3. The first-order valence-corrected chi connectivity index (χ1v) is 12.9. The Morgan fingerprint density at radius 3 is 2.84 bits per heavy atom. The Hall–Kier alpha value is -3.29. The fourth-order valence-corrected chi connectivity index (χ4v) is 5.54. The maximum absolute atomic E-state index is 13.8. The van der Waals surface area contributed by atoms with Crippen LogP contribution < -0.4 is 15.8 Å². The molecule has 4 rings (SSSR count). The van der Waals surface area contributed by atoms with Gasteiger partial charge in [0.2, 0.25) is 5.91 Å². The minimum atomic E-state index is -0.935. The van der Waals surface area contributed by atoms with Gasteiger partial charge in [0, 0.05) is 39.5 Å². The number of thiocarbonyl (C=S) groups is 1. The molecule has 2 aromatic rings. The number of aryl methyl sites for hydroxylation is 1. The molecule has 0 bridgehead atoms. The minimum absolute atomic E-state index is 0.130. The standard InChI is InChI=1S/C24H27N5O6S2/c1-14-6-4-8-28-19(14)26-20(27-10-7-25-21(31)16(27)13-18(30)35-3)15(22(28)32)12-17-23(33)29(24(36)37-17)9-5-11-34-2/h4,6,8,12,16H,5,7,9-11,13H2,1-3H3,(H,25,31)/b17-12-. The predicted octanol–water partition coefficient (Wildman–Crippen LogP) is 1.11. The first-order valence-electron chi connectivity index (χ1n) is 11.6. The number of thioether (sulfide) groups is 1. The average molecular weight is 546 g/mol. The summed E-state index contributed by atoms with van der Waals surface area (Å²) in [5.74, 6) is -1.04. The van der Waals surface area contributed by atoms with Crippen LogP contribution in [-0.4, -0.2) is 82.9 Å². The van der Waals surface area contributed by atoms with E-state index in [9.17, 15) is 19.2 Å². The molecule has 0 saturated carbocycles. The van der Waals surface area contributed by atoms with Crippen molar-refractivity contribution in [3.05, 3.63) is 44.7 Å². The number of piperazine rings is 1. The van der Waals surface area contributed by atoms with Gasteiger partial charge in [-0.3, -0.25) is 28.5 Å². The monoisotopic (exact) mass is 545 g/mol. The van der Waals surface area contributed by atoms with Crippen LogP contribution in [0.15, 0.2) is 28.0 Å². The summed E-state index contributed by atoms with van der Waals surface area (Å²) in [4.78, 5) is 60.0. The number of anilines is 1. The van der Waals surface area contributed by atoms with Crippen LogP contribution in [0.5, 0.6) is 0 Å². The third-order valence-electron chi connectivity index (χ3n) is 6.13. The van der Waals surface area contributed by atoms with Crippen LogP contribution in [0.1, 0.15) is 24.0 Å². The number of amides is 2. The Morgan fingerprint density at radius 1 is 1.32 bits per heavy atom. The lowest BCUT2D eigenvalue weighted by Gasteiger charge is -2.36. The summed E-state index contributed by atoms with van der Waals surface area (Å²) in [5, 5.41) is 2.75. The average Bonchev–Trinajstić information content (AvgIpc) is 3.14. The summed E-state index contributed by atoms with van der Waals surface area (Å²) in [6.45, 7) is 3.30. The third kappa shape index (κ3) is 5.38. The number of ether oxygens (including phenoxy) is 2. The largest absolute Gasteiger partial charge is 0.469 e. The molecular weight excluding hydrogens is 518 g/mol. The molecule has 2 saturated heterocycles.